The van der Waals surface area contributed by atoms with Crippen LogP contribution in [0.2, 0.25) is 5.02 Å². The van der Waals surface area contributed by atoms with E-state index >= 15 is 0 Å². The van der Waals surface area contributed by atoms with Gasteiger partial charge >= 0.3 is 12.1 Å². The van der Waals surface area contributed by atoms with E-state index in [-0.39, 0.29) is 36.5 Å². The predicted molar refractivity (Wildman–Crippen MR) is 142 cm³/mol. The van der Waals surface area contributed by atoms with Crippen molar-refractivity contribution in [2.24, 2.45) is 0 Å². The molecule has 3 aromatic rings. The highest BCUT2D eigenvalue weighted by atomic mass is 35.5. The minimum absolute atomic E-state index is 0.164. The lowest BCUT2D eigenvalue weighted by Crippen LogP contribution is -2.40. The third kappa shape index (κ3) is 4.86. The lowest BCUT2D eigenvalue weighted by atomic mass is 9.99. The molecule has 2 amide bonds. The largest absolute Gasteiger partial charge is 0.461 e. The Morgan fingerprint density at radius 1 is 1.05 bits per heavy atom. The van der Waals surface area contributed by atoms with Crippen LogP contribution in [0, 0.1) is 0 Å². The maximum atomic E-state index is 13.5. The Bertz CT molecular complexity index is 1440. The minimum atomic E-state index is -0.580. The first-order valence-corrected chi connectivity index (χ1v) is 12.9. The second-order valence-electron chi connectivity index (χ2n) is 10.3. The molecule has 0 bridgehead atoms. The molecule has 5 rings (SSSR count). The summed E-state index contributed by atoms with van der Waals surface area (Å²) in [4.78, 5) is 42.4. The van der Waals surface area contributed by atoms with Crippen LogP contribution in [-0.2, 0) is 29.0 Å². The van der Waals surface area contributed by atoms with Gasteiger partial charge in [0.2, 0.25) is 0 Å². The molecule has 1 aromatic heterocycles. The smallest absolute Gasteiger partial charge is 0.410 e. The molecule has 0 saturated carbocycles. The molecule has 0 atom stereocenters. The van der Waals surface area contributed by atoms with Gasteiger partial charge in [-0.15, -0.1) is 0 Å². The lowest BCUT2D eigenvalue weighted by Gasteiger charge is -2.31. The molecule has 2 aliphatic heterocycles. The van der Waals surface area contributed by atoms with Gasteiger partial charge in [-0.2, -0.15) is 5.10 Å². The SMILES string of the molecule is CCOC(=O)c1c2c(nn1-c1cccc(Cl)c1)C(=O)N(c1ccc3c(c1)CN(C(=O)OC(C)(C)C)CC3)C2. The predicted octanol–water partition coefficient (Wildman–Crippen LogP) is 5.16. The summed E-state index contributed by atoms with van der Waals surface area (Å²) < 4.78 is 12.3. The van der Waals surface area contributed by atoms with Crippen molar-refractivity contribution in [1.29, 1.82) is 0 Å². The van der Waals surface area contributed by atoms with Crippen LogP contribution in [0.15, 0.2) is 42.5 Å². The number of carbonyl (C=O) groups excluding carboxylic acids is 3. The van der Waals surface area contributed by atoms with Gasteiger partial charge in [-0.3, -0.25) is 4.79 Å². The normalized spacial score (nSPS) is 14.8. The van der Waals surface area contributed by atoms with Crippen molar-refractivity contribution >= 4 is 35.3 Å². The fourth-order valence-electron chi connectivity index (χ4n) is 4.74. The number of halogens is 1. The highest BCUT2D eigenvalue weighted by Crippen LogP contribution is 2.34. The number of hydrogen-bond acceptors (Lipinski definition) is 6. The molecule has 9 nitrogen and oxygen atoms in total. The van der Waals surface area contributed by atoms with E-state index in [1.165, 1.54) is 4.68 Å². The Morgan fingerprint density at radius 3 is 2.55 bits per heavy atom. The fraction of sp³-hybridized carbons (Fsp3) is 0.357. The molecule has 38 heavy (non-hydrogen) atoms. The maximum Gasteiger partial charge on any atom is 0.410 e. The van der Waals surface area contributed by atoms with Crippen LogP contribution >= 0.6 is 11.6 Å². The Labute approximate surface area is 225 Å². The van der Waals surface area contributed by atoms with Crippen LogP contribution in [0.4, 0.5) is 10.5 Å². The Balaban J connectivity index is 1.45. The summed E-state index contributed by atoms with van der Waals surface area (Å²) in [5, 5.41) is 5.00. The van der Waals surface area contributed by atoms with E-state index < -0.39 is 11.6 Å². The second kappa shape index (κ2) is 9.79. The summed E-state index contributed by atoms with van der Waals surface area (Å²) in [5.74, 6) is -0.875. The average Bonchev–Trinajstić information content (AvgIpc) is 3.39. The van der Waals surface area contributed by atoms with E-state index in [1.807, 2.05) is 39.0 Å². The van der Waals surface area contributed by atoms with Gasteiger partial charge in [-0.25, -0.2) is 14.3 Å². The summed E-state index contributed by atoms with van der Waals surface area (Å²) in [7, 11) is 0. The molecule has 3 heterocycles. The van der Waals surface area contributed by atoms with E-state index in [9.17, 15) is 14.4 Å². The van der Waals surface area contributed by atoms with E-state index in [0.717, 1.165) is 11.1 Å². The molecule has 2 aliphatic rings. The number of benzene rings is 2. The zero-order valence-corrected chi connectivity index (χ0v) is 22.5. The zero-order chi connectivity index (χ0) is 27.2. The molecular weight excluding hydrogens is 508 g/mol. The van der Waals surface area contributed by atoms with Gasteiger partial charge in [-0.1, -0.05) is 23.7 Å². The molecular formula is C28H29ClN4O5. The molecule has 0 unspecified atom stereocenters. The number of hydrogen-bond donors (Lipinski definition) is 0. The highest BCUT2D eigenvalue weighted by molar-refractivity contribution is 6.30. The van der Waals surface area contributed by atoms with Gasteiger partial charge in [0.1, 0.15) is 5.60 Å². The van der Waals surface area contributed by atoms with Crippen molar-refractivity contribution in [3.8, 4) is 5.69 Å². The van der Waals surface area contributed by atoms with Gasteiger partial charge in [0.25, 0.3) is 5.91 Å². The average molecular weight is 537 g/mol. The van der Waals surface area contributed by atoms with Crippen LogP contribution in [0.25, 0.3) is 5.69 Å². The summed E-state index contributed by atoms with van der Waals surface area (Å²) in [6, 6.07) is 12.7. The van der Waals surface area contributed by atoms with E-state index in [1.54, 1.807) is 41.0 Å². The summed E-state index contributed by atoms with van der Waals surface area (Å²) in [5.41, 5.74) is 3.62. The monoisotopic (exact) mass is 536 g/mol. The number of carbonyl (C=O) groups is 3. The highest BCUT2D eigenvalue weighted by Gasteiger charge is 2.39. The fourth-order valence-corrected chi connectivity index (χ4v) is 4.92. The molecule has 0 spiro atoms. The number of amides is 2. The number of rotatable bonds is 4. The van der Waals surface area contributed by atoms with Crippen LogP contribution in [0.5, 0.6) is 0 Å². The maximum absolute atomic E-state index is 13.5. The molecule has 0 aliphatic carbocycles. The number of nitrogens with zero attached hydrogens (tertiary/aromatic N) is 4. The third-order valence-electron chi connectivity index (χ3n) is 6.43. The first-order valence-electron chi connectivity index (χ1n) is 12.5. The Hall–Kier alpha value is -3.85. The van der Waals surface area contributed by atoms with E-state index in [0.29, 0.717) is 41.5 Å². The van der Waals surface area contributed by atoms with E-state index in [2.05, 4.69) is 5.10 Å². The number of esters is 1. The molecule has 0 N–H and O–H groups in total. The van der Waals surface area contributed by atoms with Crippen LogP contribution in [-0.4, -0.2) is 51.4 Å². The Morgan fingerprint density at radius 2 is 1.84 bits per heavy atom. The standard InChI is InChI=1S/C28H29ClN4O5/c1-5-37-26(35)24-22-16-32(25(34)23(22)30-33(24)21-8-6-7-19(29)14-21)20-10-9-17-11-12-31(15-18(17)13-20)27(36)38-28(2,3)4/h6-10,13-14H,5,11-12,15-16H2,1-4H3. The van der Waals surface area contributed by atoms with Gasteiger partial charge in [-0.05, 0) is 75.6 Å². The number of fused-ring (bicyclic) bond motifs is 2. The van der Waals surface area contributed by atoms with Crippen molar-refractivity contribution < 1.29 is 23.9 Å². The summed E-state index contributed by atoms with van der Waals surface area (Å²) in [6.07, 6.45) is 0.336. The molecule has 10 heteroatoms. The minimum Gasteiger partial charge on any atom is -0.461 e. The lowest BCUT2D eigenvalue weighted by molar-refractivity contribution is 0.0223. The quantitative estimate of drug-likeness (QED) is 0.428. The van der Waals surface area contributed by atoms with Gasteiger partial charge in [0.05, 0.1) is 18.8 Å². The van der Waals surface area contributed by atoms with Gasteiger partial charge in [0.15, 0.2) is 11.4 Å². The zero-order valence-electron chi connectivity index (χ0n) is 21.8. The molecule has 0 saturated heterocycles. The number of anilines is 1. The van der Waals surface area contributed by atoms with Crippen molar-refractivity contribution in [2.75, 3.05) is 18.1 Å². The molecule has 0 radical (unpaired) electrons. The third-order valence-corrected chi connectivity index (χ3v) is 6.67. The topological polar surface area (TPSA) is 94.0 Å². The van der Waals surface area contributed by atoms with Crippen LogP contribution in [0.1, 0.15) is 65.4 Å². The second-order valence-corrected chi connectivity index (χ2v) is 10.7. The van der Waals surface area contributed by atoms with Gasteiger partial charge < -0.3 is 19.3 Å². The van der Waals surface area contributed by atoms with Crippen molar-refractivity contribution in [3.05, 3.63) is 75.6 Å². The van der Waals surface area contributed by atoms with Gasteiger partial charge in [0, 0.05) is 29.4 Å². The van der Waals surface area contributed by atoms with Crippen LogP contribution < -0.4 is 4.90 Å². The number of ether oxygens (including phenoxy) is 2. The molecule has 2 aromatic carbocycles. The molecule has 198 valence electrons. The number of aromatic nitrogens is 2. The van der Waals surface area contributed by atoms with E-state index in [4.69, 9.17) is 21.1 Å². The summed E-state index contributed by atoms with van der Waals surface area (Å²) in [6.45, 7) is 8.55. The van der Waals surface area contributed by atoms with Crippen molar-refractivity contribution in [3.63, 3.8) is 0 Å². The first-order chi connectivity index (χ1) is 18.1. The Kier molecular flexibility index (Phi) is 6.65. The van der Waals surface area contributed by atoms with Crippen LogP contribution in [0.3, 0.4) is 0 Å². The van der Waals surface area contributed by atoms with Crippen molar-refractivity contribution in [2.45, 2.75) is 52.8 Å². The first kappa shape index (κ1) is 25.8. The van der Waals surface area contributed by atoms with Crippen molar-refractivity contribution in [1.82, 2.24) is 14.7 Å². The molecule has 0 fully saturated rings. The summed E-state index contributed by atoms with van der Waals surface area (Å²) >= 11 is 6.17.